The minimum absolute atomic E-state index is 0.0326. The smallest absolute Gasteiger partial charge is 0.314 e. The lowest BCUT2D eigenvalue weighted by Gasteiger charge is -2.35. The number of piperazine rings is 1. The Labute approximate surface area is 171 Å². The number of methoxy groups -OCH3 is 1. The van der Waals surface area contributed by atoms with E-state index in [9.17, 15) is 9.59 Å². The van der Waals surface area contributed by atoms with Gasteiger partial charge in [0.15, 0.2) is 0 Å². The van der Waals surface area contributed by atoms with E-state index in [2.05, 4.69) is 10.2 Å². The molecule has 3 rings (SSSR count). The van der Waals surface area contributed by atoms with Crippen LogP contribution in [0.15, 0.2) is 48.5 Å². The fraction of sp³-hybridized carbons (Fsp3) is 0.364. The van der Waals surface area contributed by atoms with Crippen LogP contribution in [0.4, 0.5) is 11.4 Å². The predicted octanol–water partition coefficient (Wildman–Crippen LogP) is 2.77. The van der Waals surface area contributed by atoms with Gasteiger partial charge in [-0.15, -0.1) is 0 Å². The van der Waals surface area contributed by atoms with Gasteiger partial charge in [-0.1, -0.05) is 12.1 Å². The van der Waals surface area contributed by atoms with Gasteiger partial charge in [0, 0.05) is 31.9 Å². The molecule has 0 saturated carbocycles. The maximum atomic E-state index is 12.6. The minimum atomic E-state index is -0.650. The Morgan fingerprint density at radius 3 is 2.24 bits per heavy atom. The maximum absolute atomic E-state index is 12.6. The second kappa shape index (κ2) is 9.32. The summed E-state index contributed by atoms with van der Waals surface area (Å²) in [6.45, 7) is 6.12. The number of rotatable bonds is 5. The lowest BCUT2D eigenvalue weighted by molar-refractivity contribution is -0.143. The van der Waals surface area contributed by atoms with Gasteiger partial charge in [-0.05, 0) is 50.2 Å². The van der Waals surface area contributed by atoms with Crippen molar-refractivity contribution in [2.24, 2.45) is 0 Å². The second-order valence-electron chi connectivity index (χ2n) is 7.09. The number of ether oxygens (including phenoxy) is 2. The van der Waals surface area contributed by atoms with Crippen LogP contribution in [0.5, 0.6) is 11.5 Å². The van der Waals surface area contributed by atoms with Crippen molar-refractivity contribution in [3.05, 3.63) is 48.5 Å². The highest BCUT2D eigenvalue weighted by Gasteiger charge is 2.26. The van der Waals surface area contributed by atoms with Crippen molar-refractivity contribution in [2.75, 3.05) is 43.5 Å². The zero-order valence-corrected chi connectivity index (χ0v) is 17.1. The molecule has 1 fully saturated rings. The van der Waals surface area contributed by atoms with Crippen LogP contribution < -0.4 is 19.7 Å². The summed E-state index contributed by atoms with van der Waals surface area (Å²) in [6, 6.07) is 14.9. The van der Waals surface area contributed by atoms with Crippen molar-refractivity contribution in [3.63, 3.8) is 0 Å². The first-order chi connectivity index (χ1) is 14.0. The van der Waals surface area contributed by atoms with Crippen LogP contribution in [0.3, 0.4) is 0 Å². The van der Waals surface area contributed by atoms with Crippen LogP contribution in [-0.4, -0.2) is 56.1 Å². The molecule has 1 heterocycles. The third kappa shape index (κ3) is 5.19. The Morgan fingerprint density at radius 1 is 0.966 bits per heavy atom. The van der Waals surface area contributed by atoms with Gasteiger partial charge >= 0.3 is 11.8 Å². The van der Waals surface area contributed by atoms with Gasteiger partial charge in [-0.3, -0.25) is 9.59 Å². The first-order valence-corrected chi connectivity index (χ1v) is 9.73. The third-order valence-corrected chi connectivity index (χ3v) is 4.70. The first-order valence-electron chi connectivity index (χ1n) is 9.73. The van der Waals surface area contributed by atoms with Crippen LogP contribution in [0, 0.1) is 0 Å². The van der Waals surface area contributed by atoms with Crippen LogP contribution in [-0.2, 0) is 9.59 Å². The zero-order chi connectivity index (χ0) is 20.8. The summed E-state index contributed by atoms with van der Waals surface area (Å²) < 4.78 is 10.9. The molecule has 0 radical (unpaired) electrons. The minimum Gasteiger partial charge on any atom is -0.497 e. The summed E-state index contributed by atoms with van der Waals surface area (Å²) >= 11 is 0. The van der Waals surface area contributed by atoms with E-state index >= 15 is 0 Å². The molecule has 0 unspecified atom stereocenters. The molecule has 1 saturated heterocycles. The third-order valence-electron chi connectivity index (χ3n) is 4.70. The van der Waals surface area contributed by atoms with Crippen LogP contribution in [0.1, 0.15) is 13.8 Å². The molecule has 1 N–H and O–H groups in total. The van der Waals surface area contributed by atoms with Gasteiger partial charge in [-0.25, -0.2) is 0 Å². The van der Waals surface area contributed by atoms with E-state index < -0.39 is 11.8 Å². The number of amides is 2. The SMILES string of the molecule is COc1ccc(N2CCN(C(=O)C(=O)Nc3ccccc3OC(C)C)CC2)cc1. The normalized spacial score (nSPS) is 13.9. The number of carbonyl (C=O) groups is 2. The fourth-order valence-electron chi connectivity index (χ4n) is 3.21. The molecule has 2 aromatic carbocycles. The molecule has 154 valence electrons. The fourth-order valence-corrected chi connectivity index (χ4v) is 3.21. The van der Waals surface area contributed by atoms with Crippen molar-refractivity contribution in [3.8, 4) is 11.5 Å². The van der Waals surface area contributed by atoms with E-state index in [1.807, 2.05) is 44.2 Å². The number of anilines is 2. The van der Waals surface area contributed by atoms with Crippen molar-refractivity contribution < 1.29 is 19.1 Å². The molecule has 0 aromatic heterocycles. The summed E-state index contributed by atoms with van der Waals surface area (Å²) in [5, 5.41) is 2.69. The lowest BCUT2D eigenvalue weighted by Crippen LogP contribution is -2.51. The number of para-hydroxylation sites is 2. The zero-order valence-electron chi connectivity index (χ0n) is 17.1. The van der Waals surface area contributed by atoms with Gasteiger partial charge in [-0.2, -0.15) is 0 Å². The van der Waals surface area contributed by atoms with E-state index in [0.29, 0.717) is 37.6 Å². The van der Waals surface area contributed by atoms with E-state index in [-0.39, 0.29) is 6.10 Å². The molecule has 2 amide bonds. The number of hydrogen-bond donors (Lipinski definition) is 1. The summed E-state index contributed by atoms with van der Waals surface area (Å²) in [5.74, 6) is 0.176. The molecular formula is C22H27N3O4. The van der Waals surface area contributed by atoms with Crippen LogP contribution in [0.2, 0.25) is 0 Å². The van der Waals surface area contributed by atoms with Crippen molar-refractivity contribution in [1.82, 2.24) is 4.90 Å². The van der Waals surface area contributed by atoms with Gasteiger partial charge in [0.25, 0.3) is 0 Å². The Hall–Kier alpha value is -3.22. The quantitative estimate of drug-likeness (QED) is 0.786. The summed E-state index contributed by atoms with van der Waals surface area (Å²) in [4.78, 5) is 28.9. The van der Waals surface area contributed by atoms with Crippen molar-refractivity contribution >= 4 is 23.2 Å². The highest BCUT2D eigenvalue weighted by molar-refractivity contribution is 6.39. The van der Waals surface area contributed by atoms with E-state index in [4.69, 9.17) is 9.47 Å². The number of benzene rings is 2. The van der Waals surface area contributed by atoms with Gasteiger partial charge in [0.05, 0.1) is 18.9 Å². The Morgan fingerprint density at radius 2 is 1.62 bits per heavy atom. The molecule has 0 bridgehead atoms. The Bertz CT molecular complexity index is 843. The number of hydrogen-bond acceptors (Lipinski definition) is 5. The van der Waals surface area contributed by atoms with Gasteiger partial charge in [0.1, 0.15) is 11.5 Å². The number of nitrogens with zero attached hydrogens (tertiary/aromatic N) is 2. The summed E-state index contributed by atoms with van der Waals surface area (Å²) in [7, 11) is 1.64. The molecule has 1 aliphatic rings. The van der Waals surface area contributed by atoms with Crippen LogP contribution in [0.25, 0.3) is 0 Å². The van der Waals surface area contributed by atoms with Gasteiger partial charge in [0.2, 0.25) is 0 Å². The standard InChI is InChI=1S/C22H27N3O4/c1-16(2)29-20-7-5-4-6-19(20)23-21(26)22(27)25-14-12-24(13-15-25)17-8-10-18(28-3)11-9-17/h4-11,16H,12-15H2,1-3H3,(H,23,26). The summed E-state index contributed by atoms with van der Waals surface area (Å²) in [5.41, 5.74) is 1.57. The average molecular weight is 397 g/mol. The number of nitrogens with one attached hydrogen (secondary N) is 1. The topological polar surface area (TPSA) is 71.1 Å². The molecule has 0 aliphatic carbocycles. The molecule has 2 aromatic rings. The molecule has 0 spiro atoms. The van der Waals surface area contributed by atoms with Crippen molar-refractivity contribution in [1.29, 1.82) is 0 Å². The number of carbonyl (C=O) groups excluding carboxylic acids is 2. The Balaban J connectivity index is 1.57. The highest BCUT2D eigenvalue weighted by atomic mass is 16.5. The van der Waals surface area contributed by atoms with Crippen LogP contribution >= 0.6 is 0 Å². The largest absolute Gasteiger partial charge is 0.497 e. The molecule has 7 heteroatoms. The Kier molecular flexibility index (Phi) is 6.59. The predicted molar refractivity (Wildman–Crippen MR) is 113 cm³/mol. The van der Waals surface area contributed by atoms with E-state index in [1.165, 1.54) is 0 Å². The maximum Gasteiger partial charge on any atom is 0.314 e. The van der Waals surface area contributed by atoms with Gasteiger partial charge < -0.3 is 24.6 Å². The van der Waals surface area contributed by atoms with E-state index in [0.717, 1.165) is 11.4 Å². The molecule has 0 atom stereocenters. The van der Waals surface area contributed by atoms with E-state index in [1.54, 1.807) is 30.2 Å². The molecular weight excluding hydrogens is 370 g/mol. The second-order valence-corrected chi connectivity index (χ2v) is 7.09. The lowest BCUT2D eigenvalue weighted by atomic mass is 10.2. The highest BCUT2D eigenvalue weighted by Crippen LogP contribution is 2.25. The monoisotopic (exact) mass is 397 g/mol. The molecule has 7 nitrogen and oxygen atoms in total. The summed E-state index contributed by atoms with van der Waals surface area (Å²) in [6.07, 6.45) is -0.0326. The van der Waals surface area contributed by atoms with Crippen molar-refractivity contribution in [2.45, 2.75) is 20.0 Å². The molecule has 1 aliphatic heterocycles. The first kappa shape index (κ1) is 20.5. The average Bonchev–Trinajstić information content (AvgIpc) is 2.74. The molecule has 29 heavy (non-hydrogen) atoms.